The third kappa shape index (κ3) is 9.97. The molecule has 1 unspecified atom stereocenters. The zero-order valence-electron chi connectivity index (χ0n) is 6.61. The molecule has 70 valence electrons. The van der Waals surface area contributed by atoms with Crippen LogP contribution in [0, 0.1) is 0 Å². The van der Waals surface area contributed by atoms with Crippen LogP contribution in [-0.4, -0.2) is 33.0 Å². The second-order valence-corrected chi connectivity index (χ2v) is 1.57. The van der Waals surface area contributed by atoms with Crippen molar-refractivity contribution in [2.45, 2.75) is 6.04 Å². The fourth-order valence-corrected chi connectivity index (χ4v) is 0.388. The summed E-state index contributed by atoms with van der Waals surface area (Å²) in [5, 5.41) is 6.48. The second-order valence-electron chi connectivity index (χ2n) is 1.57. The van der Waals surface area contributed by atoms with E-state index in [1.54, 1.807) is 6.21 Å². The molecule has 0 rings (SSSR count). The summed E-state index contributed by atoms with van der Waals surface area (Å²) in [5.74, 6) is 0. The molecule has 4 nitrogen and oxygen atoms in total. The SMILES string of the molecule is CNC(C=NOC)CN.Cl.Cl. The maximum atomic E-state index is 5.31. The van der Waals surface area contributed by atoms with E-state index in [9.17, 15) is 0 Å². The topological polar surface area (TPSA) is 59.6 Å². The molecular formula is C5H15Cl2N3O. The van der Waals surface area contributed by atoms with Crippen molar-refractivity contribution in [2.24, 2.45) is 10.9 Å². The summed E-state index contributed by atoms with van der Waals surface area (Å²) < 4.78 is 0. The molecule has 0 saturated heterocycles. The first-order valence-corrected chi connectivity index (χ1v) is 2.79. The number of nitrogens with zero attached hydrogens (tertiary/aromatic N) is 1. The van der Waals surface area contributed by atoms with Crippen LogP contribution in [0.5, 0.6) is 0 Å². The minimum atomic E-state index is 0. The largest absolute Gasteiger partial charge is 0.399 e. The Labute approximate surface area is 79.4 Å². The minimum absolute atomic E-state index is 0. The average Bonchev–Trinajstić information content (AvgIpc) is 1.91. The fraction of sp³-hybridized carbons (Fsp3) is 0.800. The van der Waals surface area contributed by atoms with Gasteiger partial charge >= 0.3 is 0 Å². The third-order valence-electron chi connectivity index (χ3n) is 0.971. The summed E-state index contributed by atoms with van der Waals surface area (Å²) in [5.41, 5.74) is 5.31. The number of likely N-dealkylation sites (N-methyl/N-ethyl adjacent to an activating group) is 1. The molecule has 0 aromatic carbocycles. The number of nitrogens with two attached hydrogens (primary N) is 1. The summed E-state index contributed by atoms with van der Waals surface area (Å²) in [4.78, 5) is 4.45. The molecule has 0 bridgehead atoms. The number of hydrogen-bond donors (Lipinski definition) is 2. The van der Waals surface area contributed by atoms with Gasteiger partial charge in [0, 0.05) is 6.54 Å². The van der Waals surface area contributed by atoms with Gasteiger partial charge in [-0.1, -0.05) is 5.16 Å². The van der Waals surface area contributed by atoms with Crippen LogP contribution in [0.3, 0.4) is 0 Å². The Kier molecular flexibility index (Phi) is 19.7. The molecule has 0 amide bonds. The monoisotopic (exact) mass is 203 g/mol. The number of oxime groups is 1. The molecule has 0 aliphatic heterocycles. The van der Waals surface area contributed by atoms with Gasteiger partial charge in [-0.15, -0.1) is 24.8 Å². The van der Waals surface area contributed by atoms with Crippen LogP contribution < -0.4 is 11.1 Å². The van der Waals surface area contributed by atoms with E-state index in [0.717, 1.165) is 0 Å². The molecule has 3 N–H and O–H groups in total. The van der Waals surface area contributed by atoms with E-state index in [4.69, 9.17) is 5.73 Å². The van der Waals surface area contributed by atoms with Crippen LogP contribution in [0.25, 0.3) is 0 Å². The van der Waals surface area contributed by atoms with Gasteiger partial charge in [-0.05, 0) is 7.05 Å². The minimum Gasteiger partial charge on any atom is -0.399 e. The highest BCUT2D eigenvalue weighted by atomic mass is 35.5. The molecule has 0 heterocycles. The molecule has 0 aromatic rings. The Bertz CT molecular complexity index is 87.8. The fourth-order valence-electron chi connectivity index (χ4n) is 0.388. The zero-order valence-corrected chi connectivity index (χ0v) is 8.24. The molecule has 0 aromatic heterocycles. The van der Waals surface area contributed by atoms with Gasteiger partial charge in [-0.25, -0.2) is 0 Å². The maximum absolute atomic E-state index is 5.31. The van der Waals surface area contributed by atoms with E-state index in [-0.39, 0.29) is 30.9 Å². The molecule has 0 spiro atoms. The van der Waals surface area contributed by atoms with Gasteiger partial charge in [0.1, 0.15) is 7.11 Å². The Hall–Kier alpha value is -0.0300. The van der Waals surface area contributed by atoms with Crippen LogP contribution in [0.4, 0.5) is 0 Å². The van der Waals surface area contributed by atoms with E-state index in [2.05, 4.69) is 15.3 Å². The molecule has 0 radical (unpaired) electrons. The van der Waals surface area contributed by atoms with Crippen molar-refractivity contribution in [1.82, 2.24) is 5.32 Å². The first-order chi connectivity index (χ1) is 4.35. The lowest BCUT2D eigenvalue weighted by molar-refractivity contribution is 0.214. The standard InChI is InChI=1S/C5H13N3O.2ClH/c1-7-5(3-6)4-8-9-2;;/h4-5,7H,3,6H2,1-2H3;2*1H. The highest BCUT2D eigenvalue weighted by molar-refractivity contribution is 5.85. The van der Waals surface area contributed by atoms with Gasteiger partial charge in [0.15, 0.2) is 0 Å². The quantitative estimate of drug-likeness (QED) is 0.501. The lowest BCUT2D eigenvalue weighted by Crippen LogP contribution is -2.34. The van der Waals surface area contributed by atoms with E-state index < -0.39 is 0 Å². The van der Waals surface area contributed by atoms with Crippen LogP contribution in [0.2, 0.25) is 0 Å². The Balaban J connectivity index is -0.000000320. The van der Waals surface area contributed by atoms with Crippen LogP contribution in [-0.2, 0) is 4.84 Å². The smallest absolute Gasteiger partial charge is 0.106 e. The van der Waals surface area contributed by atoms with E-state index >= 15 is 0 Å². The predicted molar refractivity (Wildman–Crippen MR) is 51.9 cm³/mol. The number of halogens is 2. The van der Waals surface area contributed by atoms with Crippen molar-refractivity contribution in [1.29, 1.82) is 0 Å². The first-order valence-electron chi connectivity index (χ1n) is 2.79. The van der Waals surface area contributed by atoms with E-state index in [1.807, 2.05) is 7.05 Å². The van der Waals surface area contributed by atoms with Crippen molar-refractivity contribution in [2.75, 3.05) is 20.7 Å². The molecule has 0 fully saturated rings. The molecule has 0 aliphatic rings. The van der Waals surface area contributed by atoms with Gasteiger partial charge in [0.05, 0.1) is 12.3 Å². The van der Waals surface area contributed by atoms with Crippen LogP contribution in [0.15, 0.2) is 5.16 Å². The lowest BCUT2D eigenvalue weighted by atomic mass is 10.3. The van der Waals surface area contributed by atoms with Crippen molar-refractivity contribution in [3.8, 4) is 0 Å². The summed E-state index contributed by atoms with van der Waals surface area (Å²) >= 11 is 0. The van der Waals surface area contributed by atoms with Gasteiger partial charge in [0.2, 0.25) is 0 Å². The normalized spacial score (nSPS) is 11.5. The highest BCUT2D eigenvalue weighted by Crippen LogP contribution is 1.72. The van der Waals surface area contributed by atoms with E-state index in [0.29, 0.717) is 6.54 Å². The van der Waals surface area contributed by atoms with Crippen molar-refractivity contribution < 1.29 is 4.84 Å². The number of rotatable bonds is 4. The van der Waals surface area contributed by atoms with Gasteiger partial charge in [0.25, 0.3) is 0 Å². The Morgan fingerprint density at radius 2 is 2.18 bits per heavy atom. The number of hydrogen-bond acceptors (Lipinski definition) is 4. The number of nitrogens with one attached hydrogen (secondary N) is 1. The summed E-state index contributed by atoms with van der Waals surface area (Å²) in [6.45, 7) is 0.531. The van der Waals surface area contributed by atoms with Crippen molar-refractivity contribution >= 4 is 31.0 Å². The molecule has 1 atom stereocenters. The van der Waals surface area contributed by atoms with Gasteiger partial charge in [-0.3, -0.25) is 0 Å². The van der Waals surface area contributed by atoms with Crippen LogP contribution in [0.1, 0.15) is 0 Å². The van der Waals surface area contributed by atoms with Crippen LogP contribution >= 0.6 is 24.8 Å². The Morgan fingerprint density at radius 3 is 2.45 bits per heavy atom. The molecule has 0 saturated carbocycles. The summed E-state index contributed by atoms with van der Waals surface area (Å²) in [6.07, 6.45) is 1.62. The van der Waals surface area contributed by atoms with Crippen molar-refractivity contribution in [3.05, 3.63) is 0 Å². The van der Waals surface area contributed by atoms with Crippen molar-refractivity contribution in [3.63, 3.8) is 0 Å². The summed E-state index contributed by atoms with van der Waals surface area (Å²) in [6, 6.07) is 0.116. The predicted octanol–water partition coefficient (Wildman–Crippen LogP) is 0.00890. The lowest BCUT2D eigenvalue weighted by Gasteiger charge is -2.04. The first kappa shape index (κ1) is 17.2. The molecular weight excluding hydrogens is 189 g/mol. The average molecular weight is 204 g/mol. The maximum Gasteiger partial charge on any atom is 0.106 e. The molecule has 0 aliphatic carbocycles. The third-order valence-corrected chi connectivity index (χ3v) is 0.971. The zero-order chi connectivity index (χ0) is 7.11. The molecule has 11 heavy (non-hydrogen) atoms. The summed E-state index contributed by atoms with van der Waals surface area (Å²) in [7, 11) is 3.32. The molecule has 6 heteroatoms. The Morgan fingerprint density at radius 1 is 1.64 bits per heavy atom. The highest BCUT2D eigenvalue weighted by Gasteiger charge is 1.95. The van der Waals surface area contributed by atoms with Gasteiger partial charge in [-0.2, -0.15) is 0 Å². The van der Waals surface area contributed by atoms with Gasteiger partial charge < -0.3 is 15.9 Å². The van der Waals surface area contributed by atoms with E-state index in [1.165, 1.54) is 7.11 Å². The second kappa shape index (κ2) is 12.6.